The van der Waals surface area contributed by atoms with Gasteiger partial charge < -0.3 is 4.74 Å². The van der Waals surface area contributed by atoms with E-state index in [-0.39, 0.29) is 6.61 Å². The summed E-state index contributed by atoms with van der Waals surface area (Å²) < 4.78 is 4.86. The van der Waals surface area contributed by atoms with Crippen molar-refractivity contribution in [3.05, 3.63) is 33.5 Å². The Morgan fingerprint density at radius 1 is 1.44 bits per heavy atom. The van der Waals surface area contributed by atoms with Gasteiger partial charge >= 0.3 is 5.97 Å². The van der Waals surface area contributed by atoms with Crippen molar-refractivity contribution in [2.24, 2.45) is 0 Å². The Labute approximate surface area is 111 Å². The van der Waals surface area contributed by atoms with Gasteiger partial charge in [-0.3, -0.25) is 10.1 Å². The number of esters is 1. The van der Waals surface area contributed by atoms with Crippen LogP contribution in [0, 0.1) is 6.92 Å². The number of nitrogens with zero attached hydrogens (tertiary/aromatic N) is 1. The highest BCUT2D eigenvalue weighted by Gasteiger charge is 2.11. The third-order valence-electron chi connectivity index (χ3n) is 1.96. The van der Waals surface area contributed by atoms with Gasteiger partial charge in [0.1, 0.15) is 0 Å². The molecule has 0 radical (unpaired) electrons. The molecule has 0 aliphatic rings. The van der Waals surface area contributed by atoms with Crippen LogP contribution in [0.25, 0.3) is 0 Å². The van der Waals surface area contributed by atoms with Crippen molar-refractivity contribution in [2.45, 2.75) is 6.92 Å². The van der Waals surface area contributed by atoms with E-state index in [1.54, 1.807) is 16.8 Å². The summed E-state index contributed by atoms with van der Waals surface area (Å²) in [6.45, 7) is 1.52. The second-order valence-electron chi connectivity index (χ2n) is 3.43. The highest BCUT2D eigenvalue weighted by atomic mass is 32.1. The van der Waals surface area contributed by atoms with Gasteiger partial charge in [-0.2, -0.15) is 11.3 Å². The molecule has 94 valence electrons. The summed E-state index contributed by atoms with van der Waals surface area (Å²) in [6, 6.07) is 1.65. The minimum atomic E-state index is -0.498. The van der Waals surface area contributed by atoms with Crippen LogP contribution in [0.1, 0.15) is 16.1 Å². The maximum absolute atomic E-state index is 11.5. The standard InChI is InChI=1S/C11H10N2O3S2/c1-7-5-18-11(12-7)13-9(14)4-16-10(15)8-2-3-17-6-8/h2-3,5-6H,4H2,1H3,(H,12,13,14). The Balaban J connectivity index is 1.80. The van der Waals surface area contributed by atoms with Crippen LogP contribution >= 0.6 is 22.7 Å². The fourth-order valence-corrected chi connectivity index (χ4v) is 2.49. The van der Waals surface area contributed by atoms with E-state index in [1.165, 1.54) is 22.7 Å². The number of carbonyl (C=O) groups is 2. The van der Waals surface area contributed by atoms with Crippen molar-refractivity contribution >= 4 is 39.7 Å². The van der Waals surface area contributed by atoms with Crippen molar-refractivity contribution in [3.63, 3.8) is 0 Å². The topological polar surface area (TPSA) is 68.3 Å². The van der Waals surface area contributed by atoms with E-state index in [0.717, 1.165) is 5.69 Å². The molecule has 1 N–H and O–H groups in total. The SMILES string of the molecule is Cc1csc(NC(=O)COC(=O)c2ccsc2)n1. The molecule has 18 heavy (non-hydrogen) atoms. The summed E-state index contributed by atoms with van der Waals surface area (Å²) in [5.74, 6) is -0.894. The Morgan fingerprint density at radius 2 is 2.28 bits per heavy atom. The van der Waals surface area contributed by atoms with E-state index in [0.29, 0.717) is 10.7 Å². The molecule has 0 atom stereocenters. The van der Waals surface area contributed by atoms with Crippen molar-refractivity contribution < 1.29 is 14.3 Å². The number of aromatic nitrogens is 1. The number of hydrogen-bond acceptors (Lipinski definition) is 6. The lowest BCUT2D eigenvalue weighted by Crippen LogP contribution is -2.20. The number of hydrogen-bond donors (Lipinski definition) is 1. The third-order valence-corrected chi connectivity index (χ3v) is 3.52. The summed E-state index contributed by atoms with van der Waals surface area (Å²) in [5, 5.41) is 8.33. The predicted octanol–water partition coefficient (Wildman–Crippen LogP) is 2.31. The van der Waals surface area contributed by atoms with Crippen LogP contribution in [0.4, 0.5) is 5.13 Å². The number of aryl methyl sites for hydroxylation is 1. The zero-order valence-electron chi connectivity index (χ0n) is 9.50. The summed E-state index contributed by atoms with van der Waals surface area (Å²) in [5.41, 5.74) is 1.29. The van der Waals surface area contributed by atoms with E-state index < -0.39 is 11.9 Å². The van der Waals surface area contributed by atoms with E-state index in [1.807, 2.05) is 12.3 Å². The highest BCUT2D eigenvalue weighted by molar-refractivity contribution is 7.13. The summed E-state index contributed by atoms with van der Waals surface area (Å²) in [4.78, 5) is 27.0. The molecule has 0 fully saturated rings. The first-order chi connectivity index (χ1) is 8.65. The lowest BCUT2D eigenvalue weighted by molar-refractivity contribution is -0.119. The predicted molar refractivity (Wildman–Crippen MR) is 70.1 cm³/mol. The average Bonchev–Trinajstić information content (AvgIpc) is 2.97. The molecular weight excluding hydrogens is 272 g/mol. The Hall–Kier alpha value is -1.73. The zero-order valence-corrected chi connectivity index (χ0v) is 11.1. The van der Waals surface area contributed by atoms with E-state index in [4.69, 9.17) is 4.74 Å². The van der Waals surface area contributed by atoms with Gasteiger partial charge in [0.15, 0.2) is 11.7 Å². The molecule has 0 bridgehead atoms. The van der Waals surface area contributed by atoms with Gasteiger partial charge in [0, 0.05) is 10.8 Å². The maximum Gasteiger partial charge on any atom is 0.339 e. The second kappa shape index (κ2) is 5.74. The molecule has 2 heterocycles. The minimum Gasteiger partial charge on any atom is -0.452 e. The summed E-state index contributed by atoms with van der Waals surface area (Å²) >= 11 is 2.73. The zero-order chi connectivity index (χ0) is 13.0. The number of anilines is 1. The molecule has 2 rings (SSSR count). The van der Waals surface area contributed by atoms with Crippen LogP contribution in [-0.4, -0.2) is 23.5 Å². The normalized spacial score (nSPS) is 10.1. The van der Waals surface area contributed by atoms with Crippen molar-refractivity contribution in [1.82, 2.24) is 4.98 Å². The fraction of sp³-hybridized carbons (Fsp3) is 0.182. The van der Waals surface area contributed by atoms with E-state index >= 15 is 0 Å². The van der Waals surface area contributed by atoms with Crippen LogP contribution in [-0.2, 0) is 9.53 Å². The molecule has 0 aliphatic carbocycles. The van der Waals surface area contributed by atoms with Gasteiger partial charge in [0.25, 0.3) is 5.91 Å². The average molecular weight is 282 g/mol. The minimum absolute atomic E-state index is 0.312. The molecule has 0 unspecified atom stereocenters. The monoisotopic (exact) mass is 282 g/mol. The van der Waals surface area contributed by atoms with E-state index in [2.05, 4.69) is 10.3 Å². The van der Waals surface area contributed by atoms with Crippen molar-refractivity contribution in [1.29, 1.82) is 0 Å². The first-order valence-electron chi connectivity index (χ1n) is 5.06. The Morgan fingerprint density at radius 3 is 2.89 bits per heavy atom. The van der Waals surface area contributed by atoms with Crippen LogP contribution in [0.3, 0.4) is 0 Å². The summed E-state index contributed by atoms with van der Waals surface area (Å²) in [6.07, 6.45) is 0. The number of ether oxygens (including phenoxy) is 1. The first-order valence-corrected chi connectivity index (χ1v) is 6.88. The largest absolute Gasteiger partial charge is 0.452 e. The van der Waals surface area contributed by atoms with Gasteiger partial charge in [-0.05, 0) is 18.4 Å². The first kappa shape index (κ1) is 12.7. The van der Waals surface area contributed by atoms with Gasteiger partial charge in [-0.1, -0.05) is 0 Å². The molecule has 5 nitrogen and oxygen atoms in total. The highest BCUT2D eigenvalue weighted by Crippen LogP contribution is 2.14. The van der Waals surface area contributed by atoms with Gasteiger partial charge in [-0.25, -0.2) is 9.78 Å². The van der Waals surface area contributed by atoms with Crippen LogP contribution in [0.2, 0.25) is 0 Å². The van der Waals surface area contributed by atoms with Gasteiger partial charge in [0.05, 0.1) is 11.3 Å². The number of amides is 1. The molecule has 0 saturated carbocycles. The lowest BCUT2D eigenvalue weighted by Gasteiger charge is -2.03. The van der Waals surface area contributed by atoms with Gasteiger partial charge in [-0.15, -0.1) is 11.3 Å². The molecule has 0 saturated heterocycles. The Kier molecular flexibility index (Phi) is 4.06. The van der Waals surface area contributed by atoms with Crippen LogP contribution in [0.5, 0.6) is 0 Å². The number of thiophene rings is 1. The number of thiazole rings is 1. The Bertz CT molecular complexity index is 548. The van der Waals surface area contributed by atoms with Crippen molar-refractivity contribution in [2.75, 3.05) is 11.9 Å². The van der Waals surface area contributed by atoms with Crippen molar-refractivity contribution in [3.8, 4) is 0 Å². The molecule has 0 spiro atoms. The quantitative estimate of drug-likeness (QED) is 0.874. The number of carbonyl (C=O) groups excluding carboxylic acids is 2. The molecular formula is C11H10N2O3S2. The van der Waals surface area contributed by atoms with E-state index in [9.17, 15) is 9.59 Å². The van der Waals surface area contributed by atoms with Crippen LogP contribution < -0.4 is 5.32 Å². The molecule has 0 aliphatic heterocycles. The van der Waals surface area contributed by atoms with Gasteiger partial charge in [0.2, 0.25) is 0 Å². The molecule has 2 aromatic rings. The smallest absolute Gasteiger partial charge is 0.339 e. The summed E-state index contributed by atoms with van der Waals surface area (Å²) in [7, 11) is 0. The molecule has 2 aromatic heterocycles. The third kappa shape index (κ3) is 3.38. The van der Waals surface area contributed by atoms with Crippen LogP contribution in [0.15, 0.2) is 22.2 Å². The molecule has 1 amide bonds. The fourth-order valence-electron chi connectivity index (χ4n) is 1.16. The maximum atomic E-state index is 11.5. The number of rotatable bonds is 4. The molecule has 7 heteroatoms. The lowest BCUT2D eigenvalue weighted by atomic mass is 10.3. The second-order valence-corrected chi connectivity index (χ2v) is 5.07. The number of nitrogens with one attached hydrogen (secondary N) is 1. The molecule has 0 aromatic carbocycles.